The first-order valence-corrected chi connectivity index (χ1v) is 7.49. The number of halogens is 1. The summed E-state index contributed by atoms with van der Waals surface area (Å²) in [4.78, 5) is 37.8. The Labute approximate surface area is 138 Å². The Balaban J connectivity index is 2.03. The molecule has 1 heterocycles. The zero-order chi connectivity index (χ0) is 17.7. The molecule has 0 saturated carbocycles. The first-order valence-electron chi connectivity index (χ1n) is 7.49. The molecule has 0 bridgehead atoms. The van der Waals surface area contributed by atoms with E-state index in [0.717, 1.165) is 6.07 Å². The van der Waals surface area contributed by atoms with Gasteiger partial charge < -0.3 is 9.80 Å². The Hall–Kier alpha value is -2.95. The van der Waals surface area contributed by atoms with Gasteiger partial charge in [-0.25, -0.2) is 9.18 Å². The van der Waals surface area contributed by atoms with E-state index in [-0.39, 0.29) is 43.4 Å². The smallest absolute Gasteiger partial charge is 0.324 e. The van der Waals surface area contributed by atoms with Crippen LogP contribution in [0.4, 0.5) is 9.18 Å². The fraction of sp³-hybridized carbons (Fsp3) is 0.375. The zero-order valence-electron chi connectivity index (χ0n) is 13.2. The quantitative estimate of drug-likeness (QED) is 0.870. The third kappa shape index (κ3) is 4.07. The Morgan fingerprint density at radius 1 is 1.46 bits per heavy atom. The third-order valence-corrected chi connectivity index (χ3v) is 3.75. The number of amides is 4. The average molecular weight is 332 g/mol. The number of imide groups is 1. The molecule has 1 saturated heterocycles. The number of likely N-dealkylation sites (N-methyl/N-ethyl adjacent to an activating group) is 1. The number of benzene rings is 1. The van der Waals surface area contributed by atoms with E-state index in [9.17, 15) is 18.8 Å². The molecule has 1 fully saturated rings. The van der Waals surface area contributed by atoms with Crippen LogP contribution in [0.1, 0.15) is 24.5 Å². The van der Waals surface area contributed by atoms with Gasteiger partial charge in [0.2, 0.25) is 11.8 Å². The van der Waals surface area contributed by atoms with Gasteiger partial charge >= 0.3 is 6.03 Å². The van der Waals surface area contributed by atoms with Crippen LogP contribution in [-0.2, 0) is 16.1 Å². The number of carbonyl (C=O) groups is 3. The molecule has 1 N–H and O–H groups in total. The molecule has 126 valence electrons. The number of nitrogens with zero attached hydrogens (tertiary/aromatic N) is 3. The summed E-state index contributed by atoms with van der Waals surface area (Å²) in [6.45, 7) is 2.14. The van der Waals surface area contributed by atoms with Gasteiger partial charge in [-0.15, -0.1) is 0 Å². The molecule has 8 heteroatoms. The van der Waals surface area contributed by atoms with Crippen molar-refractivity contribution < 1.29 is 18.8 Å². The molecule has 1 aromatic rings. The third-order valence-electron chi connectivity index (χ3n) is 3.75. The lowest BCUT2D eigenvalue weighted by Gasteiger charge is -2.29. The highest BCUT2D eigenvalue weighted by molar-refractivity contribution is 5.98. The van der Waals surface area contributed by atoms with E-state index in [1.807, 2.05) is 6.07 Å². The number of rotatable bonds is 5. The van der Waals surface area contributed by atoms with E-state index >= 15 is 0 Å². The van der Waals surface area contributed by atoms with E-state index in [1.54, 1.807) is 6.92 Å². The van der Waals surface area contributed by atoms with Crippen molar-refractivity contribution in [3.8, 4) is 6.07 Å². The van der Waals surface area contributed by atoms with Crippen LogP contribution in [0.25, 0.3) is 0 Å². The summed E-state index contributed by atoms with van der Waals surface area (Å²) in [7, 11) is 0. The van der Waals surface area contributed by atoms with Gasteiger partial charge in [-0.1, -0.05) is 6.07 Å². The van der Waals surface area contributed by atoms with Crippen molar-refractivity contribution in [1.29, 1.82) is 5.26 Å². The number of hydrogen-bond acceptors (Lipinski definition) is 4. The van der Waals surface area contributed by atoms with Crippen LogP contribution in [0, 0.1) is 17.1 Å². The summed E-state index contributed by atoms with van der Waals surface area (Å²) in [5.41, 5.74) is 0.503. The molecule has 7 nitrogen and oxygen atoms in total. The standard InChI is InChI=1S/C16H17FN4O3/c1-2-20(9-12-4-3-11(8-18)7-13(12)17)15(23)10-21-6-5-14(22)19-16(21)24/h3-4,7H,2,5-6,9-10H2,1H3,(H,19,22,24). The number of nitriles is 1. The summed E-state index contributed by atoms with van der Waals surface area (Å²) in [6.07, 6.45) is 0.148. The molecule has 1 aliphatic heterocycles. The van der Waals surface area contributed by atoms with Crippen molar-refractivity contribution >= 4 is 17.8 Å². The first kappa shape index (κ1) is 17.4. The second-order valence-electron chi connectivity index (χ2n) is 5.35. The summed E-state index contributed by atoms with van der Waals surface area (Å²) < 4.78 is 14.0. The largest absolute Gasteiger partial charge is 0.337 e. The minimum atomic E-state index is -0.597. The summed E-state index contributed by atoms with van der Waals surface area (Å²) in [5, 5.41) is 10.9. The van der Waals surface area contributed by atoms with E-state index in [4.69, 9.17) is 5.26 Å². The van der Waals surface area contributed by atoms with E-state index in [0.29, 0.717) is 12.1 Å². The fourth-order valence-corrected chi connectivity index (χ4v) is 2.34. The summed E-state index contributed by atoms with van der Waals surface area (Å²) in [6, 6.07) is 5.33. The lowest BCUT2D eigenvalue weighted by atomic mass is 10.1. The first-order chi connectivity index (χ1) is 11.4. The lowest BCUT2D eigenvalue weighted by molar-refractivity contribution is -0.133. The number of carbonyl (C=O) groups excluding carboxylic acids is 3. The van der Waals surface area contributed by atoms with Crippen molar-refractivity contribution in [3.63, 3.8) is 0 Å². The Morgan fingerprint density at radius 3 is 2.79 bits per heavy atom. The lowest BCUT2D eigenvalue weighted by Crippen LogP contribution is -2.52. The van der Waals surface area contributed by atoms with Gasteiger partial charge in [0.1, 0.15) is 12.4 Å². The molecule has 0 atom stereocenters. The minimum Gasteiger partial charge on any atom is -0.337 e. The molecule has 4 amide bonds. The molecule has 0 spiro atoms. The number of nitrogens with one attached hydrogen (secondary N) is 1. The number of urea groups is 1. The predicted octanol–water partition coefficient (Wildman–Crippen LogP) is 0.988. The van der Waals surface area contributed by atoms with Gasteiger partial charge in [-0.2, -0.15) is 5.26 Å². The molecule has 1 aromatic carbocycles. The van der Waals surface area contributed by atoms with Gasteiger partial charge in [-0.3, -0.25) is 14.9 Å². The minimum absolute atomic E-state index is 0.0429. The maximum Gasteiger partial charge on any atom is 0.324 e. The molecular weight excluding hydrogens is 315 g/mol. The Kier molecular flexibility index (Phi) is 5.47. The van der Waals surface area contributed by atoms with Crippen molar-refractivity contribution in [2.45, 2.75) is 19.9 Å². The molecule has 0 aromatic heterocycles. The van der Waals surface area contributed by atoms with Gasteiger partial charge in [0.15, 0.2) is 0 Å². The molecule has 0 unspecified atom stereocenters. The highest BCUT2D eigenvalue weighted by Crippen LogP contribution is 2.13. The van der Waals surface area contributed by atoms with Crippen LogP contribution in [0.15, 0.2) is 18.2 Å². The molecule has 0 radical (unpaired) electrons. The monoisotopic (exact) mass is 332 g/mol. The average Bonchev–Trinajstić information content (AvgIpc) is 2.56. The van der Waals surface area contributed by atoms with Crippen molar-refractivity contribution in [2.75, 3.05) is 19.6 Å². The van der Waals surface area contributed by atoms with Gasteiger partial charge in [0, 0.05) is 31.6 Å². The van der Waals surface area contributed by atoms with E-state index < -0.39 is 11.8 Å². The van der Waals surface area contributed by atoms with E-state index in [2.05, 4.69) is 5.32 Å². The number of hydrogen-bond donors (Lipinski definition) is 1. The second-order valence-corrected chi connectivity index (χ2v) is 5.35. The molecule has 1 aliphatic rings. The maximum absolute atomic E-state index is 14.0. The van der Waals surface area contributed by atoms with Crippen molar-refractivity contribution in [1.82, 2.24) is 15.1 Å². The molecule has 2 rings (SSSR count). The van der Waals surface area contributed by atoms with Gasteiger partial charge in [0.25, 0.3) is 0 Å². The van der Waals surface area contributed by atoms with Gasteiger partial charge in [-0.05, 0) is 19.1 Å². The van der Waals surface area contributed by atoms with Gasteiger partial charge in [0.05, 0.1) is 11.6 Å². The van der Waals surface area contributed by atoms with E-state index in [1.165, 1.54) is 21.9 Å². The van der Waals surface area contributed by atoms with Crippen LogP contribution in [0.3, 0.4) is 0 Å². The van der Waals surface area contributed by atoms with Crippen LogP contribution >= 0.6 is 0 Å². The van der Waals surface area contributed by atoms with Crippen molar-refractivity contribution in [3.05, 3.63) is 35.1 Å². The van der Waals surface area contributed by atoms with Crippen LogP contribution in [0.2, 0.25) is 0 Å². The second kappa shape index (κ2) is 7.55. The molecule has 24 heavy (non-hydrogen) atoms. The fourth-order valence-electron chi connectivity index (χ4n) is 2.34. The SMILES string of the molecule is CCN(Cc1ccc(C#N)cc1F)C(=O)CN1CCC(=O)NC1=O. The van der Waals surface area contributed by atoms with Crippen molar-refractivity contribution in [2.24, 2.45) is 0 Å². The topological polar surface area (TPSA) is 93.5 Å². The van der Waals surface area contributed by atoms with Crippen LogP contribution in [0.5, 0.6) is 0 Å². The summed E-state index contributed by atoms with van der Waals surface area (Å²) >= 11 is 0. The normalized spacial score (nSPS) is 14.1. The van der Waals surface area contributed by atoms with Crippen LogP contribution in [-0.4, -0.2) is 47.3 Å². The molecule has 0 aliphatic carbocycles. The predicted molar refractivity (Wildman–Crippen MR) is 81.9 cm³/mol. The highest BCUT2D eigenvalue weighted by Gasteiger charge is 2.26. The zero-order valence-corrected chi connectivity index (χ0v) is 13.2. The molecular formula is C16H17FN4O3. The van der Waals surface area contributed by atoms with Crippen LogP contribution < -0.4 is 5.32 Å². The maximum atomic E-state index is 14.0. The Bertz CT molecular complexity index is 714. The Morgan fingerprint density at radius 2 is 2.21 bits per heavy atom. The summed E-state index contributed by atoms with van der Waals surface area (Å²) in [5.74, 6) is -1.26. The highest BCUT2D eigenvalue weighted by atomic mass is 19.1.